The standard InChI is InChI=1S/C24H22N8O/c1-24(2,3)32-23-20(21(30-32)18-13-27-8-9-29-18)19(17(12-25)22(26)33-23)15-4-6-16(7-5-15)31-11-10-28-14-31/h4-11,13-14,19H,26H2,1-3H3. The summed E-state index contributed by atoms with van der Waals surface area (Å²) >= 11 is 0. The molecule has 164 valence electrons. The lowest BCUT2D eigenvalue weighted by atomic mass is 9.83. The third-order valence-electron chi connectivity index (χ3n) is 5.52. The first-order valence-corrected chi connectivity index (χ1v) is 10.4. The topological polar surface area (TPSA) is 120 Å². The third-order valence-corrected chi connectivity index (χ3v) is 5.52. The van der Waals surface area contributed by atoms with E-state index in [9.17, 15) is 5.26 Å². The molecule has 9 heteroatoms. The molecule has 0 spiro atoms. The van der Waals surface area contributed by atoms with Crippen LogP contribution in [0.25, 0.3) is 17.1 Å². The zero-order valence-electron chi connectivity index (χ0n) is 18.5. The highest BCUT2D eigenvalue weighted by atomic mass is 16.5. The zero-order valence-corrected chi connectivity index (χ0v) is 18.5. The van der Waals surface area contributed by atoms with Crippen molar-refractivity contribution in [2.24, 2.45) is 5.73 Å². The highest BCUT2D eigenvalue weighted by Gasteiger charge is 2.39. The van der Waals surface area contributed by atoms with E-state index in [2.05, 4.69) is 21.0 Å². The van der Waals surface area contributed by atoms with E-state index in [1.54, 1.807) is 35.8 Å². The van der Waals surface area contributed by atoms with Crippen LogP contribution in [0.5, 0.6) is 5.88 Å². The van der Waals surface area contributed by atoms with Crippen molar-refractivity contribution >= 4 is 0 Å². The average molecular weight is 438 g/mol. The lowest BCUT2D eigenvalue weighted by molar-refractivity contribution is 0.278. The van der Waals surface area contributed by atoms with Crippen LogP contribution < -0.4 is 10.5 Å². The van der Waals surface area contributed by atoms with Crippen molar-refractivity contribution in [3.8, 4) is 29.0 Å². The number of nitriles is 1. The van der Waals surface area contributed by atoms with Crippen molar-refractivity contribution in [2.45, 2.75) is 32.2 Å². The van der Waals surface area contributed by atoms with Gasteiger partial charge in [0, 0.05) is 30.5 Å². The average Bonchev–Trinajstić information content (AvgIpc) is 3.47. The Balaban J connectivity index is 1.74. The predicted octanol–water partition coefficient (Wildman–Crippen LogP) is 3.50. The van der Waals surface area contributed by atoms with Crippen LogP contribution in [0.3, 0.4) is 0 Å². The fourth-order valence-electron chi connectivity index (χ4n) is 3.99. The number of ether oxygens (including phenoxy) is 1. The maximum absolute atomic E-state index is 10.0. The third kappa shape index (κ3) is 3.42. The van der Waals surface area contributed by atoms with Gasteiger partial charge in [-0.2, -0.15) is 10.4 Å². The van der Waals surface area contributed by atoms with Gasteiger partial charge in [0.15, 0.2) is 0 Å². The molecule has 1 aliphatic heterocycles. The van der Waals surface area contributed by atoms with Crippen LogP contribution in [0, 0.1) is 11.3 Å². The van der Waals surface area contributed by atoms with Crippen LogP contribution in [-0.4, -0.2) is 29.3 Å². The maximum Gasteiger partial charge on any atom is 0.225 e. The summed E-state index contributed by atoms with van der Waals surface area (Å²) in [6, 6.07) is 10.2. The van der Waals surface area contributed by atoms with Gasteiger partial charge in [-0.1, -0.05) is 12.1 Å². The number of aromatic nitrogens is 6. The van der Waals surface area contributed by atoms with Gasteiger partial charge in [-0.05, 0) is 38.5 Å². The molecule has 5 rings (SSSR count). The number of imidazole rings is 1. The molecule has 4 aromatic rings. The highest BCUT2D eigenvalue weighted by molar-refractivity contribution is 5.68. The van der Waals surface area contributed by atoms with Gasteiger partial charge in [0.2, 0.25) is 11.8 Å². The molecular weight excluding hydrogens is 416 g/mol. The van der Waals surface area contributed by atoms with Gasteiger partial charge in [-0.25, -0.2) is 9.67 Å². The Bertz CT molecular complexity index is 1370. The molecule has 1 unspecified atom stereocenters. The Hall–Kier alpha value is -4.45. The van der Waals surface area contributed by atoms with Crippen LogP contribution in [0.1, 0.15) is 37.8 Å². The first-order chi connectivity index (χ1) is 15.9. The lowest BCUT2D eigenvalue weighted by Gasteiger charge is -2.28. The number of hydrogen-bond acceptors (Lipinski definition) is 7. The lowest BCUT2D eigenvalue weighted by Crippen LogP contribution is -2.27. The molecule has 0 fully saturated rings. The Labute approximate surface area is 190 Å². The molecule has 1 atom stereocenters. The fraction of sp³-hybridized carbons (Fsp3) is 0.208. The number of hydrogen-bond donors (Lipinski definition) is 1. The van der Waals surface area contributed by atoms with Crippen molar-refractivity contribution in [2.75, 3.05) is 0 Å². The summed E-state index contributed by atoms with van der Waals surface area (Å²) in [4.78, 5) is 12.8. The molecule has 1 aromatic carbocycles. The van der Waals surface area contributed by atoms with Gasteiger partial charge in [-0.15, -0.1) is 0 Å². The molecule has 0 saturated heterocycles. The summed E-state index contributed by atoms with van der Waals surface area (Å²) in [6.45, 7) is 6.08. The first-order valence-electron chi connectivity index (χ1n) is 10.4. The molecular formula is C24H22N8O. The molecule has 3 aromatic heterocycles. The summed E-state index contributed by atoms with van der Waals surface area (Å²) in [5, 5.41) is 14.9. The minimum Gasteiger partial charge on any atom is -0.422 e. The molecule has 9 nitrogen and oxygen atoms in total. The summed E-state index contributed by atoms with van der Waals surface area (Å²) in [5.41, 5.74) is 9.98. The van der Waals surface area contributed by atoms with E-state index in [4.69, 9.17) is 15.6 Å². The predicted molar refractivity (Wildman–Crippen MR) is 121 cm³/mol. The second-order valence-corrected chi connectivity index (χ2v) is 8.73. The van der Waals surface area contributed by atoms with E-state index in [1.807, 2.05) is 55.8 Å². The second kappa shape index (κ2) is 7.60. The van der Waals surface area contributed by atoms with E-state index in [-0.39, 0.29) is 5.88 Å². The monoisotopic (exact) mass is 438 g/mol. The van der Waals surface area contributed by atoms with Crippen LogP contribution in [0.2, 0.25) is 0 Å². The van der Waals surface area contributed by atoms with E-state index in [0.29, 0.717) is 22.8 Å². The van der Waals surface area contributed by atoms with Gasteiger partial charge in [-0.3, -0.25) is 9.97 Å². The summed E-state index contributed by atoms with van der Waals surface area (Å²) in [7, 11) is 0. The highest BCUT2D eigenvalue weighted by Crippen LogP contribution is 2.47. The number of benzene rings is 1. The Morgan fingerprint density at radius 2 is 1.88 bits per heavy atom. The van der Waals surface area contributed by atoms with Gasteiger partial charge in [0.25, 0.3) is 0 Å². The molecule has 4 heterocycles. The van der Waals surface area contributed by atoms with Crippen LogP contribution in [-0.2, 0) is 5.54 Å². The smallest absolute Gasteiger partial charge is 0.225 e. The van der Waals surface area contributed by atoms with Crippen molar-refractivity contribution in [1.82, 2.24) is 29.3 Å². The number of fused-ring (bicyclic) bond motifs is 1. The minimum atomic E-state index is -0.469. The van der Waals surface area contributed by atoms with E-state index >= 15 is 0 Å². The molecule has 0 bridgehead atoms. The van der Waals surface area contributed by atoms with Crippen LogP contribution in [0.15, 0.2) is 73.0 Å². The first kappa shape index (κ1) is 20.5. The Morgan fingerprint density at radius 1 is 1.09 bits per heavy atom. The minimum absolute atomic E-state index is 0.0739. The number of nitrogens with zero attached hydrogens (tertiary/aromatic N) is 7. The molecule has 1 aliphatic rings. The number of rotatable bonds is 3. The Morgan fingerprint density at radius 3 is 2.48 bits per heavy atom. The van der Waals surface area contributed by atoms with Crippen molar-refractivity contribution in [3.63, 3.8) is 0 Å². The van der Waals surface area contributed by atoms with Crippen molar-refractivity contribution < 1.29 is 4.74 Å². The quantitative estimate of drug-likeness (QED) is 0.520. The normalized spacial score (nSPS) is 15.6. The summed E-state index contributed by atoms with van der Waals surface area (Å²) in [6.07, 6.45) is 10.2. The van der Waals surface area contributed by atoms with Crippen LogP contribution >= 0.6 is 0 Å². The molecule has 0 aliphatic carbocycles. The van der Waals surface area contributed by atoms with E-state index < -0.39 is 11.5 Å². The van der Waals surface area contributed by atoms with Crippen molar-refractivity contribution in [3.05, 3.63) is 84.2 Å². The molecule has 33 heavy (non-hydrogen) atoms. The van der Waals surface area contributed by atoms with Gasteiger partial charge >= 0.3 is 0 Å². The largest absolute Gasteiger partial charge is 0.422 e. The SMILES string of the molecule is CC(C)(C)n1nc(-c2cnccn2)c2c1OC(N)=C(C#N)C2c1ccc(-n2ccnc2)cc1. The van der Waals surface area contributed by atoms with Crippen molar-refractivity contribution in [1.29, 1.82) is 5.26 Å². The zero-order chi connectivity index (χ0) is 23.2. The summed E-state index contributed by atoms with van der Waals surface area (Å²) < 4.78 is 9.71. The fourth-order valence-corrected chi connectivity index (χ4v) is 3.99. The maximum atomic E-state index is 10.0. The Kier molecular flexibility index (Phi) is 4.71. The second-order valence-electron chi connectivity index (χ2n) is 8.73. The van der Waals surface area contributed by atoms with E-state index in [0.717, 1.165) is 16.8 Å². The molecule has 0 amide bonds. The molecule has 2 N–H and O–H groups in total. The van der Waals surface area contributed by atoms with Gasteiger partial charge < -0.3 is 15.0 Å². The van der Waals surface area contributed by atoms with Gasteiger partial charge in [0.05, 0.1) is 29.5 Å². The van der Waals surface area contributed by atoms with E-state index in [1.165, 1.54) is 0 Å². The summed E-state index contributed by atoms with van der Waals surface area (Å²) in [5.74, 6) is 0.108. The molecule has 0 radical (unpaired) electrons. The number of nitrogens with two attached hydrogens (primary N) is 1. The van der Waals surface area contributed by atoms with Crippen LogP contribution in [0.4, 0.5) is 0 Å². The van der Waals surface area contributed by atoms with Gasteiger partial charge in [0.1, 0.15) is 23.0 Å². The molecule has 0 saturated carbocycles. The number of allylic oxidation sites excluding steroid dienone is 1.